The number of hydrogen-bond donors (Lipinski definition) is 1. The van der Waals surface area contributed by atoms with Gasteiger partial charge in [0, 0.05) is 17.1 Å². The standard InChI is InChI=1S/C23H22BrN3O/c1-14-8-10-16(11-9-14)18-6-5-7-19-22(18)27(3)23(25-19)26-21-15(2)12-17(24)13-20(21)28-4/h5-13H,1-4H3,(H,25,26). The molecular weight excluding hydrogens is 414 g/mol. The summed E-state index contributed by atoms with van der Waals surface area (Å²) in [6.45, 7) is 4.15. The first-order valence-electron chi connectivity index (χ1n) is 9.11. The van der Waals surface area contributed by atoms with Gasteiger partial charge in [-0.25, -0.2) is 4.98 Å². The number of halogens is 1. The van der Waals surface area contributed by atoms with Gasteiger partial charge in [0.15, 0.2) is 0 Å². The zero-order valence-corrected chi connectivity index (χ0v) is 18.0. The molecule has 0 fully saturated rings. The zero-order valence-electron chi connectivity index (χ0n) is 16.4. The second kappa shape index (κ2) is 7.32. The third-order valence-electron chi connectivity index (χ3n) is 4.98. The third-order valence-corrected chi connectivity index (χ3v) is 5.44. The van der Waals surface area contributed by atoms with E-state index in [0.29, 0.717) is 0 Å². The van der Waals surface area contributed by atoms with Crippen molar-refractivity contribution in [1.82, 2.24) is 9.55 Å². The minimum atomic E-state index is 0.776. The maximum absolute atomic E-state index is 5.57. The zero-order chi connectivity index (χ0) is 19.8. The SMILES string of the molecule is COc1cc(Br)cc(C)c1Nc1nc2cccc(-c3ccc(C)cc3)c2n1C. The lowest BCUT2D eigenvalue weighted by Gasteiger charge is -2.14. The molecule has 0 aliphatic carbocycles. The Morgan fingerprint density at radius 2 is 1.79 bits per heavy atom. The predicted molar refractivity (Wildman–Crippen MR) is 120 cm³/mol. The fourth-order valence-corrected chi connectivity index (χ4v) is 4.04. The lowest BCUT2D eigenvalue weighted by atomic mass is 10.0. The summed E-state index contributed by atoms with van der Waals surface area (Å²) in [5, 5.41) is 3.47. The van der Waals surface area contributed by atoms with Crippen LogP contribution in [-0.2, 0) is 7.05 Å². The van der Waals surface area contributed by atoms with E-state index in [-0.39, 0.29) is 0 Å². The van der Waals surface area contributed by atoms with Gasteiger partial charge in [-0.1, -0.05) is 57.9 Å². The minimum Gasteiger partial charge on any atom is -0.495 e. The number of ether oxygens (including phenoxy) is 1. The molecule has 4 rings (SSSR count). The highest BCUT2D eigenvalue weighted by molar-refractivity contribution is 9.10. The van der Waals surface area contributed by atoms with Crippen molar-refractivity contribution in [1.29, 1.82) is 0 Å². The number of aromatic nitrogens is 2. The van der Waals surface area contributed by atoms with Crippen LogP contribution in [0.25, 0.3) is 22.2 Å². The Morgan fingerprint density at radius 1 is 1.04 bits per heavy atom. The molecule has 0 saturated heterocycles. The fraction of sp³-hybridized carbons (Fsp3) is 0.174. The van der Waals surface area contributed by atoms with Crippen LogP contribution in [0, 0.1) is 13.8 Å². The molecule has 142 valence electrons. The lowest BCUT2D eigenvalue weighted by molar-refractivity contribution is 0.416. The number of aryl methyl sites for hydroxylation is 3. The maximum Gasteiger partial charge on any atom is 0.208 e. The minimum absolute atomic E-state index is 0.776. The van der Waals surface area contributed by atoms with Crippen molar-refractivity contribution in [3.63, 3.8) is 0 Å². The van der Waals surface area contributed by atoms with Gasteiger partial charge in [0.1, 0.15) is 5.75 Å². The average Bonchev–Trinajstić information content (AvgIpc) is 3.00. The molecule has 1 N–H and O–H groups in total. The van der Waals surface area contributed by atoms with Gasteiger partial charge in [-0.05, 0) is 43.2 Å². The quantitative estimate of drug-likeness (QED) is 0.404. The number of nitrogens with one attached hydrogen (secondary N) is 1. The van der Waals surface area contributed by atoms with Gasteiger partial charge in [-0.2, -0.15) is 0 Å². The van der Waals surface area contributed by atoms with Crippen LogP contribution in [0.5, 0.6) is 5.75 Å². The van der Waals surface area contributed by atoms with Gasteiger partial charge in [-0.15, -0.1) is 0 Å². The number of anilines is 2. The summed E-state index contributed by atoms with van der Waals surface area (Å²) in [6, 6.07) is 18.9. The molecule has 0 aliphatic heterocycles. The average molecular weight is 436 g/mol. The molecule has 0 bridgehead atoms. The van der Waals surface area contributed by atoms with Crippen LogP contribution in [0.15, 0.2) is 59.1 Å². The van der Waals surface area contributed by atoms with E-state index in [0.717, 1.165) is 38.5 Å². The molecule has 0 amide bonds. The van der Waals surface area contributed by atoms with Crippen molar-refractivity contribution < 1.29 is 4.74 Å². The van der Waals surface area contributed by atoms with Gasteiger partial charge in [0.2, 0.25) is 5.95 Å². The van der Waals surface area contributed by atoms with Crippen molar-refractivity contribution in [2.24, 2.45) is 7.05 Å². The van der Waals surface area contributed by atoms with E-state index in [4.69, 9.17) is 9.72 Å². The number of methoxy groups -OCH3 is 1. The second-order valence-corrected chi connectivity index (χ2v) is 7.87. The van der Waals surface area contributed by atoms with E-state index >= 15 is 0 Å². The molecule has 0 atom stereocenters. The first-order chi connectivity index (χ1) is 13.5. The number of fused-ring (bicyclic) bond motifs is 1. The Labute approximate surface area is 173 Å². The van der Waals surface area contributed by atoms with Crippen LogP contribution >= 0.6 is 15.9 Å². The highest BCUT2D eigenvalue weighted by Gasteiger charge is 2.16. The summed E-state index contributed by atoms with van der Waals surface area (Å²) < 4.78 is 8.66. The lowest BCUT2D eigenvalue weighted by Crippen LogP contribution is -2.03. The predicted octanol–water partition coefficient (Wildman–Crippen LogP) is 6.37. The molecule has 0 radical (unpaired) electrons. The summed E-state index contributed by atoms with van der Waals surface area (Å²) in [5.74, 6) is 1.55. The van der Waals surface area contributed by atoms with Gasteiger partial charge >= 0.3 is 0 Å². The van der Waals surface area contributed by atoms with Gasteiger partial charge in [-0.3, -0.25) is 0 Å². The molecule has 0 spiro atoms. The molecule has 1 aromatic heterocycles. The summed E-state index contributed by atoms with van der Waals surface area (Å²) in [5.41, 5.74) is 7.65. The van der Waals surface area contributed by atoms with Crippen molar-refractivity contribution in [3.05, 3.63) is 70.2 Å². The van der Waals surface area contributed by atoms with E-state index in [1.807, 2.05) is 19.2 Å². The van der Waals surface area contributed by atoms with Crippen LogP contribution in [0.4, 0.5) is 11.6 Å². The van der Waals surface area contributed by atoms with Crippen molar-refractivity contribution in [2.75, 3.05) is 12.4 Å². The largest absolute Gasteiger partial charge is 0.495 e. The Kier molecular flexibility index (Phi) is 4.85. The topological polar surface area (TPSA) is 39.1 Å². The smallest absolute Gasteiger partial charge is 0.208 e. The van der Waals surface area contributed by atoms with Crippen LogP contribution in [-0.4, -0.2) is 16.7 Å². The van der Waals surface area contributed by atoms with Gasteiger partial charge in [0.25, 0.3) is 0 Å². The third kappa shape index (κ3) is 3.27. The molecule has 5 heteroatoms. The van der Waals surface area contributed by atoms with E-state index in [2.05, 4.69) is 82.1 Å². The van der Waals surface area contributed by atoms with Crippen LogP contribution in [0.1, 0.15) is 11.1 Å². The summed E-state index contributed by atoms with van der Waals surface area (Å²) in [7, 11) is 3.72. The monoisotopic (exact) mass is 435 g/mol. The Bertz CT molecular complexity index is 1160. The maximum atomic E-state index is 5.57. The Morgan fingerprint density at radius 3 is 2.50 bits per heavy atom. The molecule has 0 saturated carbocycles. The van der Waals surface area contributed by atoms with Gasteiger partial charge < -0.3 is 14.6 Å². The van der Waals surface area contributed by atoms with Gasteiger partial charge in [0.05, 0.1) is 23.8 Å². The number of imidazole rings is 1. The fourth-order valence-electron chi connectivity index (χ4n) is 3.49. The number of hydrogen-bond acceptors (Lipinski definition) is 3. The summed E-state index contributed by atoms with van der Waals surface area (Å²) in [4.78, 5) is 4.83. The van der Waals surface area contributed by atoms with E-state index in [1.54, 1.807) is 7.11 Å². The van der Waals surface area contributed by atoms with E-state index in [9.17, 15) is 0 Å². The van der Waals surface area contributed by atoms with E-state index in [1.165, 1.54) is 16.7 Å². The Balaban J connectivity index is 1.84. The first-order valence-corrected chi connectivity index (χ1v) is 9.91. The van der Waals surface area contributed by atoms with Crippen molar-refractivity contribution >= 4 is 38.6 Å². The normalized spacial score (nSPS) is 11.0. The first kappa shape index (κ1) is 18.6. The second-order valence-electron chi connectivity index (χ2n) is 6.96. The molecule has 0 aliphatic rings. The molecule has 4 aromatic rings. The molecular formula is C23H22BrN3O. The number of nitrogens with zero attached hydrogens (tertiary/aromatic N) is 2. The molecule has 0 unspecified atom stereocenters. The molecule has 28 heavy (non-hydrogen) atoms. The van der Waals surface area contributed by atoms with E-state index < -0.39 is 0 Å². The molecule has 3 aromatic carbocycles. The van der Waals surface area contributed by atoms with Crippen molar-refractivity contribution in [3.8, 4) is 16.9 Å². The van der Waals surface area contributed by atoms with Crippen molar-refractivity contribution in [2.45, 2.75) is 13.8 Å². The summed E-state index contributed by atoms with van der Waals surface area (Å²) in [6.07, 6.45) is 0. The van der Waals surface area contributed by atoms with Crippen LogP contribution in [0.3, 0.4) is 0 Å². The number of para-hydroxylation sites is 1. The van der Waals surface area contributed by atoms with Crippen LogP contribution in [0.2, 0.25) is 0 Å². The number of rotatable bonds is 4. The van der Waals surface area contributed by atoms with Crippen LogP contribution < -0.4 is 10.1 Å². The highest BCUT2D eigenvalue weighted by Crippen LogP contribution is 2.36. The summed E-state index contributed by atoms with van der Waals surface area (Å²) >= 11 is 3.53. The molecule has 1 heterocycles. The number of benzene rings is 3. The Hall–Kier alpha value is -2.79. The molecule has 4 nitrogen and oxygen atoms in total. The highest BCUT2D eigenvalue weighted by atomic mass is 79.9.